The van der Waals surface area contributed by atoms with Gasteiger partial charge in [-0.1, -0.05) is 60.6 Å². The van der Waals surface area contributed by atoms with Gasteiger partial charge in [-0.25, -0.2) is 0 Å². The van der Waals surface area contributed by atoms with Crippen molar-refractivity contribution >= 4 is 12.2 Å². The van der Waals surface area contributed by atoms with Crippen LogP contribution in [0.2, 0.25) is 12.6 Å². The van der Waals surface area contributed by atoms with E-state index in [1.54, 1.807) is 0 Å². The normalized spacial score (nSPS) is 9.50. The predicted molar refractivity (Wildman–Crippen MR) is 75.7 cm³/mol. The number of rotatable bonds is 7. The molecule has 16 heavy (non-hydrogen) atoms. The maximum atomic E-state index is 3.83. The number of allylic oxidation sites excluding steroid dienone is 3. The van der Waals surface area contributed by atoms with Gasteiger partial charge in [0, 0.05) is 0 Å². The highest BCUT2D eigenvalue weighted by atomic mass is 14.0. The minimum Gasteiger partial charge on any atom is -0.104 e. The lowest BCUT2D eigenvalue weighted by Crippen LogP contribution is -2.31. The molecule has 0 unspecified atom stereocenters. The topological polar surface area (TPSA) is 0 Å². The Hall–Kier alpha value is -1.50. The molecule has 0 aromatic heterocycles. The SMILES string of the molecule is C=CCB(CC=C)c1ccccc1CC=C. The van der Waals surface area contributed by atoms with Crippen LogP contribution >= 0.6 is 0 Å². The maximum absolute atomic E-state index is 3.83. The second-order valence-corrected chi connectivity index (χ2v) is 3.94. The standard InChI is InChI=1S/C15H19B/c1-4-9-14-10-7-8-11-15(14)16(12-5-2)13-6-3/h4-8,10-11H,1-3,9,12-13H2. The smallest absolute Gasteiger partial charge is 0.104 e. The molecule has 0 bridgehead atoms. The summed E-state index contributed by atoms with van der Waals surface area (Å²) in [7, 11) is 0. The lowest BCUT2D eigenvalue weighted by Gasteiger charge is -2.14. The van der Waals surface area contributed by atoms with Gasteiger partial charge in [0.25, 0.3) is 0 Å². The third-order valence-corrected chi connectivity index (χ3v) is 2.76. The first-order valence-corrected chi connectivity index (χ1v) is 5.74. The molecule has 0 amide bonds. The summed E-state index contributed by atoms with van der Waals surface area (Å²) in [4.78, 5) is 0. The molecular formula is C15H19B. The lowest BCUT2D eigenvalue weighted by molar-refractivity contribution is 1.29. The van der Waals surface area contributed by atoms with Crippen LogP contribution in [-0.4, -0.2) is 6.71 Å². The predicted octanol–water partition coefficient (Wildman–Crippen LogP) is 3.49. The van der Waals surface area contributed by atoms with E-state index < -0.39 is 0 Å². The molecule has 0 nitrogen and oxygen atoms in total. The summed E-state index contributed by atoms with van der Waals surface area (Å²) < 4.78 is 0. The van der Waals surface area contributed by atoms with Gasteiger partial charge in [-0.05, 0) is 12.0 Å². The molecule has 0 radical (unpaired) electrons. The molecule has 1 rings (SSSR count). The molecule has 82 valence electrons. The minimum atomic E-state index is 0.506. The van der Waals surface area contributed by atoms with Gasteiger partial charge in [0.1, 0.15) is 0 Å². The van der Waals surface area contributed by atoms with Gasteiger partial charge in [0.2, 0.25) is 0 Å². The van der Waals surface area contributed by atoms with E-state index in [2.05, 4.69) is 44.0 Å². The van der Waals surface area contributed by atoms with E-state index >= 15 is 0 Å². The van der Waals surface area contributed by atoms with Crippen LogP contribution in [0.1, 0.15) is 5.56 Å². The fourth-order valence-corrected chi connectivity index (χ4v) is 2.03. The van der Waals surface area contributed by atoms with Crippen LogP contribution < -0.4 is 5.46 Å². The first-order valence-electron chi connectivity index (χ1n) is 5.74. The van der Waals surface area contributed by atoms with Crippen molar-refractivity contribution in [2.24, 2.45) is 0 Å². The molecule has 1 heteroatoms. The molecule has 0 aliphatic heterocycles. The Bertz CT molecular complexity index is 355. The second-order valence-electron chi connectivity index (χ2n) is 3.94. The van der Waals surface area contributed by atoms with Crippen molar-refractivity contribution < 1.29 is 0 Å². The highest BCUT2D eigenvalue weighted by Crippen LogP contribution is 2.07. The zero-order valence-corrected chi connectivity index (χ0v) is 9.86. The summed E-state index contributed by atoms with van der Waals surface area (Å²) in [6.07, 6.45) is 8.86. The van der Waals surface area contributed by atoms with E-state index in [-0.39, 0.29) is 0 Å². The Kier molecular flexibility index (Phi) is 5.42. The molecule has 0 saturated carbocycles. The molecule has 0 spiro atoms. The van der Waals surface area contributed by atoms with Crippen molar-refractivity contribution in [3.05, 3.63) is 67.8 Å². The molecule has 1 aromatic rings. The molecular weight excluding hydrogens is 191 g/mol. The first-order chi connectivity index (χ1) is 7.83. The molecule has 1 aromatic carbocycles. The van der Waals surface area contributed by atoms with Crippen LogP contribution in [0.3, 0.4) is 0 Å². The van der Waals surface area contributed by atoms with Crippen LogP contribution in [0.15, 0.2) is 62.2 Å². The highest BCUT2D eigenvalue weighted by Gasteiger charge is 2.15. The summed E-state index contributed by atoms with van der Waals surface area (Å²) >= 11 is 0. The zero-order valence-electron chi connectivity index (χ0n) is 9.86. The van der Waals surface area contributed by atoms with E-state index in [1.165, 1.54) is 11.0 Å². The summed E-state index contributed by atoms with van der Waals surface area (Å²) in [5.41, 5.74) is 2.77. The molecule has 0 atom stereocenters. The van der Waals surface area contributed by atoms with Gasteiger partial charge in [-0.15, -0.1) is 19.7 Å². The molecule has 0 fully saturated rings. The van der Waals surface area contributed by atoms with Gasteiger partial charge < -0.3 is 0 Å². The van der Waals surface area contributed by atoms with E-state index in [4.69, 9.17) is 0 Å². The molecule has 0 aliphatic rings. The largest absolute Gasteiger partial charge is 0.183 e. The molecule has 0 N–H and O–H groups in total. The summed E-state index contributed by atoms with van der Waals surface area (Å²) in [6, 6.07) is 8.56. The fourth-order valence-electron chi connectivity index (χ4n) is 2.03. The van der Waals surface area contributed by atoms with Crippen molar-refractivity contribution in [2.75, 3.05) is 0 Å². The fraction of sp³-hybridized carbons (Fsp3) is 0.200. The van der Waals surface area contributed by atoms with Crippen molar-refractivity contribution in [1.82, 2.24) is 0 Å². The number of hydrogen-bond donors (Lipinski definition) is 0. The quantitative estimate of drug-likeness (QED) is 0.477. The number of hydrogen-bond acceptors (Lipinski definition) is 0. The van der Waals surface area contributed by atoms with Crippen LogP contribution in [0, 0.1) is 0 Å². The molecule has 0 saturated heterocycles. The Morgan fingerprint density at radius 1 is 0.938 bits per heavy atom. The first kappa shape index (κ1) is 12.6. The van der Waals surface area contributed by atoms with E-state index in [0.717, 1.165) is 19.1 Å². The zero-order chi connectivity index (χ0) is 11.8. The summed E-state index contributed by atoms with van der Waals surface area (Å²) in [6.45, 7) is 12.0. The van der Waals surface area contributed by atoms with Crippen LogP contribution in [-0.2, 0) is 6.42 Å². The van der Waals surface area contributed by atoms with Crippen molar-refractivity contribution in [1.29, 1.82) is 0 Å². The third-order valence-electron chi connectivity index (χ3n) is 2.76. The average molecular weight is 210 g/mol. The van der Waals surface area contributed by atoms with E-state index in [1.807, 2.05) is 18.2 Å². The van der Waals surface area contributed by atoms with Crippen molar-refractivity contribution in [3.8, 4) is 0 Å². The van der Waals surface area contributed by atoms with Gasteiger partial charge in [-0.2, -0.15) is 0 Å². The van der Waals surface area contributed by atoms with Crippen molar-refractivity contribution in [2.45, 2.75) is 19.1 Å². The molecule has 0 aliphatic carbocycles. The van der Waals surface area contributed by atoms with Crippen LogP contribution in [0.25, 0.3) is 0 Å². The highest BCUT2D eigenvalue weighted by molar-refractivity contribution is 6.74. The second kappa shape index (κ2) is 6.89. The van der Waals surface area contributed by atoms with Gasteiger partial charge >= 0.3 is 0 Å². The Morgan fingerprint density at radius 3 is 2.12 bits per heavy atom. The Balaban J connectivity index is 3.00. The number of benzene rings is 1. The maximum Gasteiger partial charge on any atom is 0.183 e. The average Bonchev–Trinajstić information content (AvgIpc) is 2.30. The van der Waals surface area contributed by atoms with E-state index in [0.29, 0.717) is 6.71 Å². The summed E-state index contributed by atoms with van der Waals surface area (Å²) in [5, 5.41) is 0. The molecule has 0 heterocycles. The Morgan fingerprint density at radius 2 is 1.56 bits per heavy atom. The van der Waals surface area contributed by atoms with Gasteiger partial charge in [0.15, 0.2) is 6.71 Å². The van der Waals surface area contributed by atoms with E-state index in [9.17, 15) is 0 Å². The lowest BCUT2D eigenvalue weighted by atomic mass is 9.40. The third kappa shape index (κ3) is 3.27. The van der Waals surface area contributed by atoms with Gasteiger partial charge in [0.05, 0.1) is 0 Å². The van der Waals surface area contributed by atoms with Crippen LogP contribution in [0.5, 0.6) is 0 Å². The Labute approximate surface area is 99.5 Å². The summed E-state index contributed by atoms with van der Waals surface area (Å²) in [5.74, 6) is 0. The monoisotopic (exact) mass is 210 g/mol. The minimum absolute atomic E-state index is 0.506. The van der Waals surface area contributed by atoms with Gasteiger partial charge in [-0.3, -0.25) is 0 Å². The van der Waals surface area contributed by atoms with Crippen molar-refractivity contribution in [3.63, 3.8) is 0 Å². The van der Waals surface area contributed by atoms with Crippen LogP contribution in [0.4, 0.5) is 0 Å².